The SMILES string of the molecule is CCOC(=O)Cc1nnc(NC(=O)c2cc3c(C)cc(F)cc3[nH]2)s1. The zero-order chi connectivity index (χ0) is 18.0. The molecule has 3 aromatic rings. The van der Waals surface area contributed by atoms with E-state index in [1.165, 1.54) is 12.1 Å². The predicted octanol–water partition coefficient (Wildman–Crippen LogP) is 2.82. The van der Waals surface area contributed by atoms with Crippen molar-refractivity contribution in [1.29, 1.82) is 0 Å². The van der Waals surface area contributed by atoms with Crippen molar-refractivity contribution in [3.8, 4) is 0 Å². The maximum absolute atomic E-state index is 13.4. The van der Waals surface area contributed by atoms with Crippen LogP contribution in [0.5, 0.6) is 0 Å². The number of carbonyl (C=O) groups is 2. The second-order valence-electron chi connectivity index (χ2n) is 5.30. The molecular formula is C16H15FN4O3S. The molecule has 3 rings (SSSR count). The van der Waals surface area contributed by atoms with Crippen molar-refractivity contribution in [3.05, 3.63) is 40.3 Å². The number of fused-ring (bicyclic) bond motifs is 1. The highest BCUT2D eigenvalue weighted by Crippen LogP contribution is 2.22. The van der Waals surface area contributed by atoms with Crippen molar-refractivity contribution >= 4 is 39.2 Å². The van der Waals surface area contributed by atoms with Gasteiger partial charge in [-0.2, -0.15) is 0 Å². The van der Waals surface area contributed by atoms with Crippen LogP contribution < -0.4 is 5.32 Å². The van der Waals surface area contributed by atoms with Crippen molar-refractivity contribution in [1.82, 2.24) is 15.2 Å². The Balaban J connectivity index is 1.73. The average molecular weight is 362 g/mol. The van der Waals surface area contributed by atoms with Gasteiger partial charge < -0.3 is 9.72 Å². The number of hydrogen-bond donors (Lipinski definition) is 2. The number of esters is 1. The van der Waals surface area contributed by atoms with Crippen LogP contribution in [0.4, 0.5) is 9.52 Å². The summed E-state index contributed by atoms with van der Waals surface area (Å²) in [6.45, 7) is 3.78. The molecule has 0 saturated heterocycles. The van der Waals surface area contributed by atoms with E-state index >= 15 is 0 Å². The predicted molar refractivity (Wildman–Crippen MR) is 91.2 cm³/mol. The Morgan fingerprint density at radius 3 is 2.88 bits per heavy atom. The number of benzene rings is 1. The Morgan fingerprint density at radius 1 is 1.32 bits per heavy atom. The molecule has 0 saturated carbocycles. The van der Waals surface area contributed by atoms with E-state index < -0.39 is 11.9 Å². The standard InChI is InChI=1S/C16H15FN4O3S/c1-3-24-14(22)7-13-20-21-16(25-13)19-15(23)12-6-10-8(2)4-9(17)5-11(10)18-12/h4-6,18H,3,7H2,1-2H3,(H,19,21,23). The first-order valence-corrected chi connectivity index (χ1v) is 8.36. The third-order valence-corrected chi connectivity index (χ3v) is 4.28. The zero-order valence-electron chi connectivity index (χ0n) is 13.6. The molecule has 0 aliphatic carbocycles. The molecule has 2 aromatic heterocycles. The first kappa shape index (κ1) is 17.0. The minimum absolute atomic E-state index is 0.00619. The van der Waals surface area contributed by atoms with Gasteiger partial charge in [-0.05, 0) is 37.6 Å². The van der Waals surface area contributed by atoms with Crippen LogP contribution in [0.2, 0.25) is 0 Å². The number of hydrogen-bond acceptors (Lipinski definition) is 6. The van der Waals surface area contributed by atoms with E-state index in [1.807, 2.05) is 0 Å². The fourth-order valence-electron chi connectivity index (χ4n) is 2.37. The molecule has 0 atom stereocenters. The third kappa shape index (κ3) is 3.82. The number of carbonyl (C=O) groups excluding carboxylic acids is 2. The van der Waals surface area contributed by atoms with Crippen molar-refractivity contribution < 1.29 is 18.7 Å². The molecular weight excluding hydrogens is 347 g/mol. The summed E-state index contributed by atoms with van der Waals surface area (Å²) in [5.74, 6) is -1.19. The molecule has 0 aliphatic heterocycles. The van der Waals surface area contributed by atoms with Gasteiger partial charge in [0.05, 0.1) is 13.0 Å². The summed E-state index contributed by atoms with van der Waals surface area (Å²) < 4.78 is 18.3. The van der Waals surface area contributed by atoms with Crippen LogP contribution in [0, 0.1) is 12.7 Å². The molecule has 0 radical (unpaired) electrons. The summed E-state index contributed by atoms with van der Waals surface area (Å²) in [5, 5.41) is 11.8. The number of aromatic amines is 1. The molecule has 1 amide bonds. The molecule has 25 heavy (non-hydrogen) atoms. The van der Waals surface area contributed by atoms with Gasteiger partial charge in [-0.3, -0.25) is 14.9 Å². The molecule has 130 valence electrons. The summed E-state index contributed by atoms with van der Waals surface area (Å²) in [6.07, 6.45) is 0.00619. The van der Waals surface area contributed by atoms with Gasteiger partial charge >= 0.3 is 5.97 Å². The second-order valence-corrected chi connectivity index (χ2v) is 6.37. The maximum Gasteiger partial charge on any atom is 0.312 e. The lowest BCUT2D eigenvalue weighted by Gasteiger charge is -1.98. The molecule has 7 nitrogen and oxygen atoms in total. The van der Waals surface area contributed by atoms with Crippen molar-refractivity contribution in [2.45, 2.75) is 20.3 Å². The molecule has 1 aromatic carbocycles. The molecule has 0 fully saturated rings. The fraction of sp³-hybridized carbons (Fsp3) is 0.250. The quantitative estimate of drug-likeness (QED) is 0.680. The topological polar surface area (TPSA) is 97.0 Å². The molecule has 0 aliphatic rings. The van der Waals surface area contributed by atoms with E-state index in [9.17, 15) is 14.0 Å². The maximum atomic E-state index is 13.4. The normalized spacial score (nSPS) is 10.8. The number of amides is 1. The average Bonchev–Trinajstić information content (AvgIpc) is 3.14. The minimum Gasteiger partial charge on any atom is -0.466 e. The number of rotatable bonds is 5. The van der Waals surface area contributed by atoms with Crippen LogP contribution in [0.1, 0.15) is 28.0 Å². The lowest BCUT2D eigenvalue weighted by atomic mass is 10.1. The van der Waals surface area contributed by atoms with E-state index in [1.54, 1.807) is 19.9 Å². The highest BCUT2D eigenvalue weighted by atomic mass is 32.1. The fourth-order valence-corrected chi connectivity index (χ4v) is 3.09. The van der Waals surface area contributed by atoms with Gasteiger partial charge in [-0.1, -0.05) is 11.3 Å². The first-order chi connectivity index (χ1) is 12.0. The van der Waals surface area contributed by atoms with Crippen LogP contribution in [0.25, 0.3) is 10.9 Å². The van der Waals surface area contributed by atoms with Gasteiger partial charge in [0.25, 0.3) is 5.91 Å². The van der Waals surface area contributed by atoms with Crippen LogP contribution in [0.3, 0.4) is 0 Å². The van der Waals surface area contributed by atoms with E-state index in [0.29, 0.717) is 17.1 Å². The van der Waals surface area contributed by atoms with E-state index in [0.717, 1.165) is 22.3 Å². The number of aryl methyl sites for hydroxylation is 1. The largest absolute Gasteiger partial charge is 0.466 e. The number of nitrogens with one attached hydrogen (secondary N) is 2. The van der Waals surface area contributed by atoms with Crippen LogP contribution in [-0.2, 0) is 16.0 Å². The van der Waals surface area contributed by atoms with Gasteiger partial charge in [-0.15, -0.1) is 10.2 Å². The number of ether oxygens (including phenoxy) is 1. The number of halogens is 1. The Kier molecular flexibility index (Phi) is 4.75. The van der Waals surface area contributed by atoms with Crippen LogP contribution >= 0.6 is 11.3 Å². The lowest BCUT2D eigenvalue weighted by Crippen LogP contribution is -2.11. The smallest absolute Gasteiger partial charge is 0.312 e. The molecule has 2 N–H and O–H groups in total. The van der Waals surface area contributed by atoms with Crippen molar-refractivity contribution in [2.24, 2.45) is 0 Å². The molecule has 2 heterocycles. The third-order valence-electron chi connectivity index (χ3n) is 3.44. The van der Waals surface area contributed by atoms with Gasteiger partial charge in [0.2, 0.25) is 5.13 Å². The Hall–Kier alpha value is -2.81. The second kappa shape index (κ2) is 6.98. The molecule has 0 unspecified atom stereocenters. The number of nitrogens with zero attached hydrogens (tertiary/aromatic N) is 2. The number of H-pyrrole nitrogens is 1. The summed E-state index contributed by atoms with van der Waals surface area (Å²) in [7, 11) is 0. The highest BCUT2D eigenvalue weighted by Gasteiger charge is 2.15. The van der Waals surface area contributed by atoms with Gasteiger partial charge in [-0.25, -0.2) is 4.39 Å². The highest BCUT2D eigenvalue weighted by molar-refractivity contribution is 7.15. The summed E-state index contributed by atoms with van der Waals surface area (Å²) in [6, 6.07) is 4.39. The monoisotopic (exact) mass is 362 g/mol. The zero-order valence-corrected chi connectivity index (χ0v) is 14.4. The lowest BCUT2D eigenvalue weighted by molar-refractivity contribution is -0.142. The summed E-state index contributed by atoms with van der Waals surface area (Å²) in [5.41, 5.74) is 1.56. The Morgan fingerprint density at radius 2 is 2.12 bits per heavy atom. The molecule has 0 bridgehead atoms. The number of anilines is 1. The summed E-state index contributed by atoms with van der Waals surface area (Å²) in [4.78, 5) is 26.6. The van der Waals surface area contributed by atoms with E-state index in [-0.39, 0.29) is 23.1 Å². The van der Waals surface area contributed by atoms with Gasteiger partial charge in [0, 0.05) is 10.9 Å². The van der Waals surface area contributed by atoms with Crippen molar-refractivity contribution in [2.75, 3.05) is 11.9 Å². The molecule has 9 heteroatoms. The van der Waals surface area contributed by atoms with Crippen LogP contribution in [0.15, 0.2) is 18.2 Å². The first-order valence-electron chi connectivity index (χ1n) is 7.54. The van der Waals surface area contributed by atoms with Crippen molar-refractivity contribution in [3.63, 3.8) is 0 Å². The molecule has 0 spiro atoms. The Labute approximate surface area is 146 Å². The van der Waals surface area contributed by atoms with Gasteiger partial charge in [0.1, 0.15) is 16.5 Å². The Bertz CT molecular complexity index is 950. The summed E-state index contributed by atoms with van der Waals surface area (Å²) >= 11 is 1.09. The van der Waals surface area contributed by atoms with E-state index in [4.69, 9.17) is 4.74 Å². The van der Waals surface area contributed by atoms with Gasteiger partial charge in [0.15, 0.2) is 0 Å². The number of aromatic nitrogens is 3. The minimum atomic E-state index is -0.421. The van der Waals surface area contributed by atoms with E-state index in [2.05, 4.69) is 20.5 Å². The van der Waals surface area contributed by atoms with Crippen LogP contribution in [-0.4, -0.2) is 33.7 Å².